The fourth-order valence-corrected chi connectivity index (χ4v) is 1.77. The Labute approximate surface area is 116 Å². The predicted octanol–water partition coefficient (Wildman–Crippen LogP) is 3.53. The Kier molecular flexibility index (Phi) is 4.42. The third-order valence-electron chi connectivity index (χ3n) is 2.80. The van der Waals surface area contributed by atoms with Gasteiger partial charge in [0, 0.05) is 24.2 Å². The molecule has 0 aromatic heterocycles. The molecule has 0 amide bonds. The van der Waals surface area contributed by atoms with Crippen LogP contribution >= 0.6 is 0 Å². The van der Waals surface area contributed by atoms with Crippen molar-refractivity contribution in [1.82, 2.24) is 0 Å². The number of nitrogens with one attached hydrogen (secondary N) is 1. The van der Waals surface area contributed by atoms with Crippen LogP contribution in [0.4, 0.5) is 27.6 Å². The molecule has 7 heteroatoms. The van der Waals surface area contributed by atoms with E-state index < -0.39 is 47.4 Å². The minimum Gasteiger partial charge on any atom is -0.386 e. The van der Waals surface area contributed by atoms with Crippen LogP contribution in [0.1, 0.15) is 11.7 Å². The van der Waals surface area contributed by atoms with Gasteiger partial charge in [0.25, 0.3) is 0 Å². The summed E-state index contributed by atoms with van der Waals surface area (Å²) in [6.07, 6.45) is -1.52. The summed E-state index contributed by atoms with van der Waals surface area (Å²) in [7, 11) is 0. The average molecular weight is 303 g/mol. The third kappa shape index (κ3) is 3.49. The van der Waals surface area contributed by atoms with E-state index in [-0.39, 0.29) is 5.56 Å². The molecule has 1 atom stereocenters. The molecule has 2 rings (SSSR count). The van der Waals surface area contributed by atoms with Crippen LogP contribution in [0, 0.1) is 29.1 Å². The lowest BCUT2D eigenvalue weighted by Crippen LogP contribution is -2.15. The first-order valence-corrected chi connectivity index (χ1v) is 5.90. The summed E-state index contributed by atoms with van der Waals surface area (Å²) in [5.74, 6) is -5.35. The van der Waals surface area contributed by atoms with E-state index in [4.69, 9.17) is 0 Å². The van der Waals surface area contributed by atoms with Gasteiger partial charge in [-0.05, 0) is 18.2 Å². The van der Waals surface area contributed by atoms with Crippen molar-refractivity contribution in [2.75, 3.05) is 11.9 Å². The van der Waals surface area contributed by atoms with Gasteiger partial charge in [-0.25, -0.2) is 22.0 Å². The van der Waals surface area contributed by atoms with Crippen molar-refractivity contribution in [3.63, 3.8) is 0 Å². The molecule has 0 aliphatic carbocycles. The Balaban J connectivity index is 2.14. The second kappa shape index (κ2) is 6.09. The lowest BCUT2D eigenvalue weighted by Gasteiger charge is -2.14. The molecule has 0 aliphatic rings. The Morgan fingerprint density at radius 2 is 1.62 bits per heavy atom. The molecule has 21 heavy (non-hydrogen) atoms. The van der Waals surface area contributed by atoms with Gasteiger partial charge in [-0.1, -0.05) is 0 Å². The fourth-order valence-electron chi connectivity index (χ4n) is 1.77. The Bertz CT molecular complexity index is 662. The third-order valence-corrected chi connectivity index (χ3v) is 2.80. The number of hydrogen-bond donors (Lipinski definition) is 2. The van der Waals surface area contributed by atoms with Crippen LogP contribution in [-0.2, 0) is 0 Å². The van der Waals surface area contributed by atoms with Crippen LogP contribution in [0.2, 0.25) is 0 Å². The maximum atomic E-state index is 13.4. The van der Waals surface area contributed by atoms with Gasteiger partial charge in [-0.2, -0.15) is 0 Å². The predicted molar refractivity (Wildman–Crippen MR) is 66.1 cm³/mol. The lowest BCUT2D eigenvalue weighted by atomic mass is 10.1. The molecule has 0 saturated heterocycles. The molecule has 2 N–H and O–H groups in total. The van der Waals surface area contributed by atoms with E-state index in [0.717, 1.165) is 18.2 Å². The van der Waals surface area contributed by atoms with Crippen LogP contribution in [0.25, 0.3) is 0 Å². The van der Waals surface area contributed by atoms with E-state index >= 15 is 0 Å². The number of benzene rings is 2. The van der Waals surface area contributed by atoms with Gasteiger partial charge in [0.1, 0.15) is 17.5 Å². The number of anilines is 1. The molecule has 0 radical (unpaired) electrons. The van der Waals surface area contributed by atoms with E-state index in [0.29, 0.717) is 12.1 Å². The minimum atomic E-state index is -1.52. The van der Waals surface area contributed by atoms with Crippen molar-refractivity contribution >= 4 is 5.69 Å². The molecule has 2 aromatic rings. The highest BCUT2D eigenvalue weighted by molar-refractivity contribution is 5.45. The monoisotopic (exact) mass is 303 g/mol. The molecule has 0 heterocycles. The van der Waals surface area contributed by atoms with E-state index in [2.05, 4.69) is 5.32 Å². The summed E-state index contributed by atoms with van der Waals surface area (Å²) in [6.45, 7) is -0.458. The maximum absolute atomic E-state index is 13.4. The second-order valence-corrected chi connectivity index (χ2v) is 4.31. The van der Waals surface area contributed by atoms with Crippen molar-refractivity contribution in [1.29, 1.82) is 0 Å². The van der Waals surface area contributed by atoms with Crippen molar-refractivity contribution in [3.8, 4) is 0 Å². The molecular weight excluding hydrogens is 293 g/mol. The SMILES string of the molecule is OC(CNc1cc(F)cc(F)c1F)c1cc(F)ccc1F. The first kappa shape index (κ1) is 15.2. The molecule has 112 valence electrons. The fraction of sp³-hybridized carbons (Fsp3) is 0.143. The maximum Gasteiger partial charge on any atom is 0.182 e. The average Bonchev–Trinajstić information content (AvgIpc) is 2.43. The topological polar surface area (TPSA) is 32.3 Å². The van der Waals surface area contributed by atoms with Crippen molar-refractivity contribution in [2.45, 2.75) is 6.10 Å². The lowest BCUT2D eigenvalue weighted by molar-refractivity contribution is 0.186. The van der Waals surface area contributed by atoms with Crippen molar-refractivity contribution < 1.29 is 27.1 Å². The molecule has 0 saturated carbocycles. The summed E-state index contributed by atoms with van der Waals surface area (Å²) >= 11 is 0. The van der Waals surface area contributed by atoms with Crippen molar-refractivity contribution in [3.05, 3.63) is 65.0 Å². The first-order valence-electron chi connectivity index (χ1n) is 5.90. The van der Waals surface area contributed by atoms with Gasteiger partial charge in [0.2, 0.25) is 0 Å². The van der Waals surface area contributed by atoms with E-state index in [9.17, 15) is 27.1 Å². The molecule has 2 nitrogen and oxygen atoms in total. The van der Waals surface area contributed by atoms with Crippen LogP contribution in [0.15, 0.2) is 30.3 Å². The summed E-state index contributed by atoms with van der Waals surface area (Å²) in [6, 6.07) is 3.54. The van der Waals surface area contributed by atoms with Gasteiger partial charge in [-0.3, -0.25) is 0 Å². The zero-order valence-corrected chi connectivity index (χ0v) is 10.5. The Morgan fingerprint density at radius 1 is 0.905 bits per heavy atom. The normalized spacial score (nSPS) is 12.3. The number of hydrogen-bond acceptors (Lipinski definition) is 2. The van der Waals surface area contributed by atoms with Gasteiger partial charge >= 0.3 is 0 Å². The van der Waals surface area contributed by atoms with Gasteiger partial charge < -0.3 is 10.4 Å². The molecule has 1 unspecified atom stereocenters. The van der Waals surface area contributed by atoms with E-state index in [1.54, 1.807) is 0 Å². The molecule has 2 aromatic carbocycles. The van der Waals surface area contributed by atoms with Crippen LogP contribution in [0.3, 0.4) is 0 Å². The molecule has 0 aliphatic heterocycles. The molecule has 0 bridgehead atoms. The second-order valence-electron chi connectivity index (χ2n) is 4.31. The van der Waals surface area contributed by atoms with E-state index in [1.807, 2.05) is 0 Å². The molecule has 0 fully saturated rings. The first-order chi connectivity index (χ1) is 9.88. The Hall–Kier alpha value is -2.15. The largest absolute Gasteiger partial charge is 0.386 e. The standard InChI is InChI=1S/C14H10F5NO/c15-7-1-2-10(17)9(3-7)13(21)6-20-12-5-8(16)4-11(18)14(12)19/h1-5,13,20-21H,6H2. The molecular formula is C14H10F5NO. The minimum absolute atomic E-state index is 0.347. The number of aliphatic hydroxyl groups is 1. The summed E-state index contributed by atoms with van der Waals surface area (Å²) in [4.78, 5) is 0. The summed E-state index contributed by atoms with van der Waals surface area (Å²) < 4.78 is 65.7. The van der Waals surface area contributed by atoms with Crippen LogP contribution in [0.5, 0.6) is 0 Å². The van der Waals surface area contributed by atoms with E-state index in [1.165, 1.54) is 0 Å². The van der Waals surface area contributed by atoms with Gasteiger partial charge in [0.05, 0.1) is 11.8 Å². The zero-order chi connectivity index (χ0) is 15.6. The summed E-state index contributed by atoms with van der Waals surface area (Å²) in [5, 5.41) is 12.0. The number of aliphatic hydroxyl groups excluding tert-OH is 1. The quantitative estimate of drug-likeness (QED) is 0.669. The highest BCUT2D eigenvalue weighted by Crippen LogP contribution is 2.22. The Morgan fingerprint density at radius 3 is 2.33 bits per heavy atom. The van der Waals surface area contributed by atoms with Gasteiger partial charge in [0.15, 0.2) is 11.6 Å². The zero-order valence-electron chi connectivity index (χ0n) is 10.5. The smallest absolute Gasteiger partial charge is 0.182 e. The van der Waals surface area contributed by atoms with Crippen molar-refractivity contribution in [2.24, 2.45) is 0 Å². The number of rotatable bonds is 4. The summed E-state index contributed by atoms with van der Waals surface area (Å²) in [5.41, 5.74) is -0.872. The number of halogens is 5. The van der Waals surface area contributed by atoms with Gasteiger partial charge in [-0.15, -0.1) is 0 Å². The highest BCUT2D eigenvalue weighted by Gasteiger charge is 2.16. The highest BCUT2D eigenvalue weighted by atomic mass is 19.2. The molecule has 0 spiro atoms. The van der Waals surface area contributed by atoms with Crippen LogP contribution in [-0.4, -0.2) is 11.7 Å². The van der Waals surface area contributed by atoms with Crippen LogP contribution < -0.4 is 5.32 Å².